The van der Waals surface area contributed by atoms with Crippen LogP contribution in [-0.2, 0) is 0 Å². The molecule has 0 amide bonds. The van der Waals surface area contributed by atoms with Crippen molar-refractivity contribution in [1.82, 2.24) is 0 Å². The Morgan fingerprint density at radius 1 is 1.08 bits per heavy atom. The molecule has 0 nitrogen and oxygen atoms in total. The lowest BCUT2D eigenvalue weighted by atomic mass is 10.1. The largest absolute Gasteiger partial charge is 0.0961 e. The highest BCUT2D eigenvalue weighted by atomic mass is 13.9. The van der Waals surface area contributed by atoms with Gasteiger partial charge in [0.2, 0.25) is 0 Å². The van der Waals surface area contributed by atoms with E-state index < -0.39 is 0 Å². The molecule has 0 N–H and O–H groups in total. The first kappa shape index (κ1) is 13.8. The third-order valence-electron chi connectivity index (χ3n) is 1.14. The molecule has 0 bridgehead atoms. The molecule has 0 saturated carbocycles. The van der Waals surface area contributed by atoms with Crippen molar-refractivity contribution < 1.29 is 0 Å². The van der Waals surface area contributed by atoms with Gasteiger partial charge in [-0.25, -0.2) is 0 Å². The third kappa shape index (κ3) is 12.0. The number of hydrogen-bond acceptors (Lipinski definition) is 0. The highest BCUT2D eigenvalue weighted by Gasteiger charge is 1.86. The van der Waals surface area contributed by atoms with Gasteiger partial charge in [-0.2, -0.15) is 0 Å². The van der Waals surface area contributed by atoms with Gasteiger partial charge >= 0.3 is 0 Å². The molecule has 0 aromatic heterocycles. The highest BCUT2D eigenvalue weighted by Crippen LogP contribution is 2.07. The highest BCUT2D eigenvalue weighted by molar-refractivity contribution is 5.30. The quantitative estimate of drug-likeness (QED) is 0.530. The smallest absolute Gasteiger partial charge is 0.0395 e. The van der Waals surface area contributed by atoms with Crippen molar-refractivity contribution in [2.45, 2.75) is 41.0 Å². The second-order valence-corrected chi connectivity index (χ2v) is 3.16. The van der Waals surface area contributed by atoms with Crippen LogP contribution < -0.4 is 0 Å². The van der Waals surface area contributed by atoms with Crippen LogP contribution in [0.4, 0.5) is 0 Å². The van der Waals surface area contributed by atoms with E-state index in [4.69, 9.17) is 0 Å². The molecule has 0 aliphatic carbocycles. The van der Waals surface area contributed by atoms with Gasteiger partial charge in [0, 0.05) is 0 Å². The fourth-order valence-corrected chi connectivity index (χ4v) is 0.493. The average Bonchev–Trinajstić information content (AvgIpc) is 1.87. The Bertz CT molecular complexity index is 170. The minimum atomic E-state index is 1.08. The minimum absolute atomic E-state index is 1.08. The number of hydrogen-bond donors (Lipinski definition) is 0. The van der Waals surface area contributed by atoms with Crippen molar-refractivity contribution in [3.63, 3.8) is 0 Å². The zero-order valence-electron chi connectivity index (χ0n) is 9.20. The lowest BCUT2D eigenvalue weighted by molar-refractivity contribution is 1.09. The summed E-state index contributed by atoms with van der Waals surface area (Å²) in [5, 5.41) is 0. The van der Waals surface area contributed by atoms with E-state index in [2.05, 4.69) is 27.0 Å². The Morgan fingerprint density at radius 2 is 1.42 bits per heavy atom. The molecule has 0 aromatic rings. The van der Waals surface area contributed by atoms with E-state index in [-0.39, 0.29) is 0 Å². The third-order valence-corrected chi connectivity index (χ3v) is 1.14. The Labute approximate surface area is 77.7 Å². The van der Waals surface area contributed by atoms with Gasteiger partial charge in [-0.1, -0.05) is 50.6 Å². The van der Waals surface area contributed by atoms with Gasteiger partial charge in [0.25, 0.3) is 0 Å². The van der Waals surface area contributed by atoms with Crippen LogP contribution >= 0.6 is 0 Å². The lowest BCUT2D eigenvalue weighted by Crippen LogP contribution is -1.75. The van der Waals surface area contributed by atoms with Crippen LogP contribution in [0.5, 0.6) is 0 Å². The molecule has 0 rings (SSSR count). The van der Waals surface area contributed by atoms with Crippen molar-refractivity contribution in [2.75, 3.05) is 0 Å². The van der Waals surface area contributed by atoms with Crippen LogP contribution in [0, 0.1) is 0 Å². The standard InChI is InChI=1S/C9H14.C3H8/c1-7(2)6-9(5)8(3)4;1-3-2/h6H,1,3H2,2,4-5H3;3H2,1-2H3/b9-6-;. The molecule has 0 aliphatic heterocycles. The summed E-state index contributed by atoms with van der Waals surface area (Å²) in [6.07, 6.45) is 3.28. The summed E-state index contributed by atoms with van der Waals surface area (Å²) < 4.78 is 0. The zero-order chi connectivity index (χ0) is 10.1. The van der Waals surface area contributed by atoms with E-state index in [1.54, 1.807) is 0 Å². The summed E-state index contributed by atoms with van der Waals surface area (Å²) in [4.78, 5) is 0. The fourth-order valence-electron chi connectivity index (χ4n) is 0.493. The van der Waals surface area contributed by atoms with Gasteiger partial charge in [-0.15, -0.1) is 0 Å². The molecule has 0 saturated heterocycles. The zero-order valence-corrected chi connectivity index (χ0v) is 9.20. The van der Waals surface area contributed by atoms with Crippen LogP contribution in [0.3, 0.4) is 0 Å². The van der Waals surface area contributed by atoms with Crippen LogP contribution in [0.2, 0.25) is 0 Å². The first-order valence-electron chi connectivity index (χ1n) is 4.45. The average molecular weight is 166 g/mol. The summed E-state index contributed by atoms with van der Waals surface area (Å²) in [5.41, 5.74) is 3.40. The summed E-state index contributed by atoms with van der Waals surface area (Å²) in [6.45, 7) is 17.8. The van der Waals surface area contributed by atoms with Gasteiger partial charge in [-0.05, 0) is 26.3 Å². The Morgan fingerprint density at radius 3 is 1.50 bits per heavy atom. The van der Waals surface area contributed by atoms with Crippen molar-refractivity contribution in [2.24, 2.45) is 0 Å². The molecule has 0 atom stereocenters. The summed E-state index contributed by atoms with van der Waals surface area (Å²) >= 11 is 0. The summed E-state index contributed by atoms with van der Waals surface area (Å²) in [6, 6.07) is 0. The maximum atomic E-state index is 3.80. The maximum Gasteiger partial charge on any atom is -0.0395 e. The minimum Gasteiger partial charge on any atom is -0.0961 e. The molecule has 0 unspecified atom stereocenters. The van der Waals surface area contributed by atoms with Gasteiger partial charge < -0.3 is 0 Å². The predicted molar refractivity (Wildman–Crippen MR) is 59.4 cm³/mol. The Hall–Kier alpha value is -0.780. The molecule has 0 fully saturated rings. The molecule has 0 aromatic carbocycles. The maximum absolute atomic E-state index is 3.80. The first-order chi connectivity index (χ1) is 5.45. The van der Waals surface area contributed by atoms with E-state index in [1.807, 2.05) is 26.8 Å². The van der Waals surface area contributed by atoms with Crippen molar-refractivity contribution in [1.29, 1.82) is 0 Å². The summed E-state index contributed by atoms with van der Waals surface area (Å²) in [7, 11) is 0. The molecule has 12 heavy (non-hydrogen) atoms. The lowest BCUT2D eigenvalue weighted by Gasteiger charge is -1.96. The van der Waals surface area contributed by atoms with Gasteiger partial charge in [0.15, 0.2) is 0 Å². The van der Waals surface area contributed by atoms with Crippen LogP contribution in [0.25, 0.3) is 0 Å². The van der Waals surface area contributed by atoms with Gasteiger partial charge in [-0.3, -0.25) is 0 Å². The Balaban J connectivity index is 0. The van der Waals surface area contributed by atoms with Crippen LogP contribution in [0.1, 0.15) is 41.0 Å². The topological polar surface area (TPSA) is 0 Å². The van der Waals surface area contributed by atoms with Crippen LogP contribution in [-0.4, -0.2) is 0 Å². The van der Waals surface area contributed by atoms with Crippen molar-refractivity contribution in [3.8, 4) is 0 Å². The molecule has 70 valence electrons. The van der Waals surface area contributed by atoms with Crippen molar-refractivity contribution >= 4 is 0 Å². The first-order valence-corrected chi connectivity index (χ1v) is 4.45. The number of rotatable bonds is 2. The van der Waals surface area contributed by atoms with Gasteiger partial charge in [0.05, 0.1) is 0 Å². The van der Waals surface area contributed by atoms with E-state index >= 15 is 0 Å². The SMILES string of the molecule is C=C(C)/C=C(/C)C(=C)C.CCC. The fraction of sp³-hybridized carbons (Fsp3) is 0.500. The molecular formula is C12H22. The predicted octanol–water partition coefficient (Wildman–Crippen LogP) is 4.50. The molecule has 0 spiro atoms. The van der Waals surface area contributed by atoms with E-state index in [1.165, 1.54) is 12.0 Å². The molecule has 0 aliphatic rings. The summed E-state index contributed by atoms with van der Waals surface area (Å²) in [5.74, 6) is 0. The monoisotopic (exact) mass is 166 g/mol. The molecule has 0 heterocycles. The van der Waals surface area contributed by atoms with Gasteiger partial charge in [0.1, 0.15) is 0 Å². The second-order valence-electron chi connectivity index (χ2n) is 3.16. The molecule has 0 heteroatoms. The van der Waals surface area contributed by atoms with E-state index in [0.29, 0.717) is 0 Å². The van der Waals surface area contributed by atoms with E-state index in [9.17, 15) is 0 Å². The van der Waals surface area contributed by atoms with E-state index in [0.717, 1.165) is 11.1 Å². The Kier molecular flexibility index (Phi) is 9.56. The van der Waals surface area contributed by atoms with Crippen molar-refractivity contribution in [3.05, 3.63) is 36.0 Å². The number of allylic oxidation sites excluding steroid dienone is 4. The normalized spacial score (nSPS) is 9.92. The van der Waals surface area contributed by atoms with Crippen LogP contribution in [0.15, 0.2) is 36.0 Å². The second kappa shape index (κ2) is 8.32. The molecular weight excluding hydrogens is 144 g/mol. The molecule has 0 radical (unpaired) electrons.